The van der Waals surface area contributed by atoms with Crippen LogP contribution in [0.3, 0.4) is 0 Å². The van der Waals surface area contributed by atoms with Crippen LogP contribution >= 0.6 is 23.4 Å². The molecule has 32 heavy (non-hydrogen) atoms. The number of nitrogens with zero attached hydrogens (tertiary/aromatic N) is 3. The van der Waals surface area contributed by atoms with E-state index in [1.54, 1.807) is 19.4 Å². The van der Waals surface area contributed by atoms with Crippen LogP contribution in [-0.4, -0.2) is 40.7 Å². The lowest BCUT2D eigenvalue weighted by atomic mass is 9.94. The minimum Gasteiger partial charge on any atom is -0.493 e. The second kappa shape index (κ2) is 10.4. The Morgan fingerprint density at radius 1 is 1.25 bits per heavy atom. The molecule has 1 aliphatic carbocycles. The van der Waals surface area contributed by atoms with Gasteiger partial charge in [0.25, 0.3) is 5.91 Å². The predicted octanol–water partition coefficient (Wildman–Crippen LogP) is 6.08. The molecule has 168 valence electrons. The molecule has 2 aromatic rings. The molecule has 1 saturated carbocycles. The fourth-order valence-corrected chi connectivity index (χ4v) is 5.20. The van der Waals surface area contributed by atoms with Crippen LogP contribution in [-0.2, 0) is 4.79 Å². The van der Waals surface area contributed by atoms with E-state index < -0.39 is 0 Å². The van der Waals surface area contributed by atoms with Crippen molar-refractivity contribution in [2.75, 3.05) is 13.7 Å². The maximum absolute atomic E-state index is 13.5. The number of methoxy groups -OCH3 is 1. The molecular formula is C24H26ClN3O3S. The Hall–Kier alpha value is -2.51. The van der Waals surface area contributed by atoms with Crippen LogP contribution < -0.4 is 9.47 Å². The number of amidine groups is 1. The van der Waals surface area contributed by atoms with Gasteiger partial charge in [0.05, 0.1) is 18.6 Å². The molecule has 0 atom stereocenters. The third-order valence-electron chi connectivity index (χ3n) is 5.52. The smallest absolute Gasteiger partial charge is 0.267 e. The molecule has 1 amide bonds. The molecule has 2 heterocycles. The second-order valence-corrected chi connectivity index (χ2v) is 9.00. The molecule has 0 bridgehead atoms. The van der Waals surface area contributed by atoms with E-state index in [9.17, 15) is 4.79 Å². The van der Waals surface area contributed by atoms with E-state index in [0.717, 1.165) is 31.2 Å². The van der Waals surface area contributed by atoms with Gasteiger partial charge in [-0.1, -0.05) is 36.9 Å². The molecular weight excluding hydrogens is 446 g/mol. The largest absolute Gasteiger partial charge is 0.493 e. The number of aromatic nitrogens is 1. The monoisotopic (exact) mass is 471 g/mol. The first-order chi connectivity index (χ1) is 15.6. The normalized spacial score (nSPS) is 19.7. The van der Waals surface area contributed by atoms with Gasteiger partial charge in [0.2, 0.25) is 0 Å². The van der Waals surface area contributed by atoms with Crippen molar-refractivity contribution in [1.29, 1.82) is 0 Å². The third kappa shape index (κ3) is 4.94. The molecule has 1 aliphatic heterocycles. The topological polar surface area (TPSA) is 64.0 Å². The Bertz CT molecular complexity index is 1050. The molecule has 0 unspecified atom stereocenters. The maximum atomic E-state index is 13.5. The molecule has 0 N–H and O–H groups in total. The number of rotatable bonds is 6. The Morgan fingerprint density at radius 2 is 2.06 bits per heavy atom. The van der Waals surface area contributed by atoms with Crippen LogP contribution in [0.25, 0.3) is 6.08 Å². The van der Waals surface area contributed by atoms with Crippen molar-refractivity contribution in [3.63, 3.8) is 0 Å². The highest BCUT2D eigenvalue weighted by molar-refractivity contribution is 8.18. The summed E-state index contributed by atoms with van der Waals surface area (Å²) in [5, 5.41) is 0.978. The number of pyridine rings is 1. The first-order valence-electron chi connectivity index (χ1n) is 10.8. The fraction of sp³-hybridized carbons (Fsp3) is 0.375. The predicted molar refractivity (Wildman–Crippen MR) is 130 cm³/mol. The highest BCUT2D eigenvalue weighted by Gasteiger charge is 2.38. The van der Waals surface area contributed by atoms with Gasteiger partial charge < -0.3 is 9.47 Å². The van der Waals surface area contributed by atoms with Gasteiger partial charge in [0, 0.05) is 12.2 Å². The molecule has 1 aromatic heterocycles. The Morgan fingerprint density at radius 3 is 2.78 bits per heavy atom. The van der Waals surface area contributed by atoms with Crippen LogP contribution in [0.5, 0.6) is 11.5 Å². The van der Waals surface area contributed by atoms with Crippen molar-refractivity contribution in [3.8, 4) is 11.5 Å². The molecule has 6 nitrogen and oxygen atoms in total. The molecule has 0 spiro atoms. The van der Waals surface area contributed by atoms with Crippen molar-refractivity contribution in [1.82, 2.24) is 9.88 Å². The molecule has 8 heteroatoms. The van der Waals surface area contributed by atoms with E-state index in [-0.39, 0.29) is 11.9 Å². The molecule has 2 fully saturated rings. The van der Waals surface area contributed by atoms with Crippen molar-refractivity contribution in [2.45, 2.75) is 45.1 Å². The first-order valence-corrected chi connectivity index (χ1v) is 12.0. The van der Waals surface area contributed by atoms with E-state index in [1.807, 2.05) is 42.2 Å². The fourth-order valence-electron chi connectivity index (χ4n) is 3.99. The van der Waals surface area contributed by atoms with E-state index in [0.29, 0.717) is 39.0 Å². The number of ether oxygens (including phenoxy) is 2. The minimum absolute atomic E-state index is 0.0199. The quantitative estimate of drug-likeness (QED) is 0.377. The first kappa shape index (κ1) is 22.7. The zero-order valence-corrected chi connectivity index (χ0v) is 19.8. The van der Waals surface area contributed by atoms with Gasteiger partial charge >= 0.3 is 0 Å². The van der Waals surface area contributed by atoms with Crippen LogP contribution in [0.2, 0.25) is 5.15 Å². The van der Waals surface area contributed by atoms with Gasteiger partial charge in [-0.15, -0.1) is 0 Å². The average molecular weight is 472 g/mol. The number of hydrogen-bond acceptors (Lipinski definition) is 6. The highest BCUT2D eigenvalue weighted by Crippen LogP contribution is 2.40. The van der Waals surface area contributed by atoms with Crippen LogP contribution in [0.15, 0.2) is 46.4 Å². The zero-order valence-electron chi connectivity index (χ0n) is 18.2. The summed E-state index contributed by atoms with van der Waals surface area (Å²) < 4.78 is 11.1. The van der Waals surface area contributed by atoms with Crippen molar-refractivity contribution in [2.24, 2.45) is 4.99 Å². The van der Waals surface area contributed by atoms with Crippen LogP contribution in [0.1, 0.15) is 44.6 Å². The Labute approximate surface area is 197 Å². The Kier molecular flexibility index (Phi) is 7.37. The second-order valence-electron chi connectivity index (χ2n) is 7.63. The number of thioether (sulfide) groups is 1. The molecule has 2 aliphatic rings. The van der Waals surface area contributed by atoms with Gasteiger partial charge in [-0.3, -0.25) is 9.69 Å². The lowest BCUT2D eigenvalue weighted by Gasteiger charge is -2.30. The van der Waals surface area contributed by atoms with Crippen LogP contribution in [0, 0.1) is 0 Å². The van der Waals surface area contributed by atoms with Crippen LogP contribution in [0.4, 0.5) is 5.69 Å². The lowest BCUT2D eigenvalue weighted by Crippen LogP contribution is -2.40. The van der Waals surface area contributed by atoms with E-state index in [1.165, 1.54) is 18.2 Å². The van der Waals surface area contributed by atoms with Crippen molar-refractivity contribution >= 4 is 46.2 Å². The number of carbonyl (C=O) groups is 1. The Balaban J connectivity index is 1.69. The average Bonchev–Trinajstić information content (AvgIpc) is 3.11. The van der Waals surface area contributed by atoms with Gasteiger partial charge in [-0.05, 0) is 67.4 Å². The molecule has 4 rings (SSSR count). The van der Waals surface area contributed by atoms with E-state index in [2.05, 4.69) is 4.98 Å². The number of halogens is 1. The lowest BCUT2D eigenvalue weighted by molar-refractivity contribution is -0.124. The summed E-state index contributed by atoms with van der Waals surface area (Å²) in [6.07, 6.45) is 8.93. The van der Waals surface area contributed by atoms with Gasteiger partial charge in [0.1, 0.15) is 5.69 Å². The molecule has 1 saturated heterocycles. The number of hydrogen-bond donors (Lipinski definition) is 0. The summed E-state index contributed by atoms with van der Waals surface area (Å²) in [5.41, 5.74) is 1.43. The standard InChI is InChI=1S/C24H26ClN3O3S/c1-3-31-19-12-11-16(14-20(19)30-2)15-21-23(29)28(17-8-5-4-6-9-17)24(32-21)27-18-10-7-13-26-22(18)25/h7,10-15,17H,3-6,8-9H2,1-2H3/b21-15-,27-24?. The number of benzene rings is 1. The summed E-state index contributed by atoms with van der Waals surface area (Å²) in [7, 11) is 1.61. The number of amides is 1. The molecule has 0 radical (unpaired) electrons. The van der Waals surface area contributed by atoms with Crippen molar-refractivity contribution < 1.29 is 14.3 Å². The van der Waals surface area contributed by atoms with Gasteiger partial charge in [0.15, 0.2) is 21.8 Å². The summed E-state index contributed by atoms with van der Waals surface area (Å²) in [6, 6.07) is 9.42. The van der Waals surface area contributed by atoms with Gasteiger partial charge in [-0.2, -0.15) is 0 Å². The number of aliphatic imine (C=N–C) groups is 1. The third-order valence-corrected chi connectivity index (χ3v) is 6.79. The highest BCUT2D eigenvalue weighted by atomic mass is 35.5. The maximum Gasteiger partial charge on any atom is 0.267 e. The van der Waals surface area contributed by atoms with E-state index in [4.69, 9.17) is 26.1 Å². The number of carbonyl (C=O) groups excluding carboxylic acids is 1. The summed E-state index contributed by atoms with van der Waals surface area (Å²) in [6.45, 7) is 2.48. The SMILES string of the molecule is CCOc1ccc(/C=C2\SC(=Nc3cccnc3Cl)N(C3CCCCC3)C2=O)cc1OC. The van der Waals surface area contributed by atoms with Gasteiger partial charge in [-0.25, -0.2) is 9.98 Å². The summed E-state index contributed by atoms with van der Waals surface area (Å²) >= 11 is 7.62. The summed E-state index contributed by atoms with van der Waals surface area (Å²) in [5.74, 6) is 1.30. The zero-order chi connectivity index (χ0) is 22.5. The molecule has 1 aromatic carbocycles. The minimum atomic E-state index is -0.0199. The summed E-state index contributed by atoms with van der Waals surface area (Å²) in [4.78, 5) is 24.8. The van der Waals surface area contributed by atoms with E-state index >= 15 is 0 Å². The van der Waals surface area contributed by atoms with Crippen molar-refractivity contribution in [3.05, 3.63) is 52.2 Å².